The van der Waals surface area contributed by atoms with Gasteiger partial charge in [-0.1, -0.05) is 15.9 Å². The molecule has 4 nitrogen and oxygen atoms in total. The molecule has 0 aliphatic rings. The third kappa shape index (κ3) is 2.82. The van der Waals surface area contributed by atoms with E-state index in [1.165, 1.54) is 11.3 Å². The molecule has 0 radical (unpaired) electrons. The first-order chi connectivity index (χ1) is 9.45. The molecule has 1 unspecified atom stereocenters. The molecule has 6 heteroatoms. The van der Waals surface area contributed by atoms with E-state index in [9.17, 15) is 4.79 Å². The second-order valence-corrected chi connectivity index (χ2v) is 6.67. The average molecular weight is 357 g/mol. The molecule has 1 atom stereocenters. The number of nitrogens with zero attached hydrogens (tertiary/aromatic N) is 1. The average Bonchev–Trinajstić information content (AvgIpc) is 2.74. The molecular weight excluding hydrogens is 340 g/mol. The predicted octanol–water partition coefficient (Wildman–Crippen LogP) is 3.35. The molecule has 2 aromatic rings. The van der Waals surface area contributed by atoms with E-state index in [1.807, 2.05) is 25.1 Å². The first-order valence-corrected chi connectivity index (χ1v) is 7.80. The van der Waals surface area contributed by atoms with Gasteiger partial charge in [0.2, 0.25) is 0 Å². The molecule has 108 valence electrons. The van der Waals surface area contributed by atoms with Gasteiger partial charge in [0.25, 0.3) is 5.91 Å². The number of rotatable bonds is 4. The molecule has 2 N–H and O–H groups in total. The summed E-state index contributed by atoms with van der Waals surface area (Å²) in [5, 5.41) is 0.917. The van der Waals surface area contributed by atoms with E-state index >= 15 is 0 Å². The summed E-state index contributed by atoms with van der Waals surface area (Å²) >= 11 is 4.85. The Morgan fingerprint density at radius 2 is 2.25 bits per heavy atom. The first-order valence-electron chi connectivity index (χ1n) is 6.19. The molecule has 0 spiro atoms. The topological polar surface area (TPSA) is 55.6 Å². The summed E-state index contributed by atoms with van der Waals surface area (Å²) in [6.45, 7) is 2.44. The van der Waals surface area contributed by atoms with Crippen LogP contribution < -0.4 is 5.73 Å². The largest absolute Gasteiger partial charge is 0.397 e. The lowest BCUT2D eigenvalue weighted by Gasteiger charge is -2.23. The number of ether oxygens (including phenoxy) is 1. The summed E-state index contributed by atoms with van der Waals surface area (Å²) in [5.41, 5.74) is 6.68. The number of fused-ring (bicyclic) bond motifs is 1. The minimum Gasteiger partial charge on any atom is -0.397 e. The lowest BCUT2D eigenvalue weighted by molar-refractivity contribution is 0.0639. The van der Waals surface area contributed by atoms with Crippen LogP contribution in [0.25, 0.3) is 10.1 Å². The van der Waals surface area contributed by atoms with Crippen LogP contribution in [0.1, 0.15) is 16.6 Å². The number of nitrogens with two attached hydrogens (primary N) is 1. The normalized spacial score (nSPS) is 12.6. The number of thiophene rings is 1. The van der Waals surface area contributed by atoms with Gasteiger partial charge in [-0.15, -0.1) is 11.3 Å². The summed E-state index contributed by atoms with van der Waals surface area (Å²) in [6, 6.07) is 5.86. The Morgan fingerprint density at radius 1 is 1.55 bits per heavy atom. The monoisotopic (exact) mass is 356 g/mol. The maximum Gasteiger partial charge on any atom is 0.266 e. The van der Waals surface area contributed by atoms with Crippen LogP contribution in [0.15, 0.2) is 22.7 Å². The maximum atomic E-state index is 12.5. The number of methoxy groups -OCH3 is 1. The van der Waals surface area contributed by atoms with E-state index in [-0.39, 0.29) is 11.9 Å². The summed E-state index contributed by atoms with van der Waals surface area (Å²) in [4.78, 5) is 14.8. The van der Waals surface area contributed by atoms with Crippen molar-refractivity contribution in [3.63, 3.8) is 0 Å². The summed E-state index contributed by atoms with van der Waals surface area (Å²) < 4.78 is 7.06. The molecule has 0 saturated carbocycles. The van der Waals surface area contributed by atoms with Crippen LogP contribution in [0.4, 0.5) is 5.69 Å². The highest BCUT2D eigenvalue weighted by molar-refractivity contribution is 9.10. The quantitative estimate of drug-likeness (QED) is 0.913. The van der Waals surface area contributed by atoms with Gasteiger partial charge in [0.05, 0.1) is 18.3 Å². The number of likely N-dealkylation sites (N-methyl/N-ethyl adjacent to an activating group) is 1. The van der Waals surface area contributed by atoms with Gasteiger partial charge in [0.1, 0.15) is 4.88 Å². The second-order valence-electron chi connectivity index (χ2n) is 4.71. The number of nitrogen functional groups attached to an aromatic ring is 1. The number of anilines is 1. The van der Waals surface area contributed by atoms with E-state index in [2.05, 4.69) is 15.9 Å². The smallest absolute Gasteiger partial charge is 0.266 e. The Morgan fingerprint density at radius 3 is 2.90 bits per heavy atom. The van der Waals surface area contributed by atoms with Crippen LogP contribution in [-0.4, -0.2) is 37.6 Å². The molecule has 0 fully saturated rings. The van der Waals surface area contributed by atoms with E-state index in [0.717, 1.165) is 14.6 Å². The van der Waals surface area contributed by atoms with Gasteiger partial charge in [-0.2, -0.15) is 0 Å². The van der Waals surface area contributed by atoms with Gasteiger partial charge in [0, 0.05) is 28.7 Å². The summed E-state index contributed by atoms with van der Waals surface area (Å²) in [7, 11) is 3.39. The third-order valence-corrected chi connectivity index (χ3v) is 4.94. The van der Waals surface area contributed by atoms with Gasteiger partial charge in [-0.05, 0) is 25.1 Å². The van der Waals surface area contributed by atoms with Crippen molar-refractivity contribution in [2.45, 2.75) is 13.0 Å². The molecule has 1 amide bonds. The Bertz CT molecular complexity index is 641. The SMILES string of the molecule is COCC(C)N(C)C(=O)c1sc2ccc(Br)cc2c1N. The number of carbonyl (C=O) groups is 1. The van der Waals surface area contributed by atoms with Crippen molar-refractivity contribution in [2.75, 3.05) is 26.5 Å². The Kier molecular flexibility index (Phi) is 4.67. The zero-order valence-electron chi connectivity index (χ0n) is 11.6. The fraction of sp³-hybridized carbons (Fsp3) is 0.357. The third-order valence-electron chi connectivity index (χ3n) is 3.27. The Balaban J connectivity index is 2.37. The molecule has 2 rings (SSSR count). The van der Waals surface area contributed by atoms with Crippen molar-refractivity contribution >= 4 is 48.9 Å². The Hall–Kier alpha value is -1.11. The fourth-order valence-electron chi connectivity index (χ4n) is 1.96. The standard InChI is InChI=1S/C14H17BrN2O2S/c1-8(7-19-3)17(2)14(18)13-12(16)10-6-9(15)4-5-11(10)20-13/h4-6,8H,7,16H2,1-3H3. The lowest BCUT2D eigenvalue weighted by atomic mass is 10.2. The van der Waals surface area contributed by atoms with E-state index < -0.39 is 0 Å². The second kappa shape index (κ2) is 6.11. The number of halogens is 1. The number of benzene rings is 1. The van der Waals surface area contributed by atoms with Crippen LogP contribution in [0, 0.1) is 0 Å². The van der Waals surface area contributed by atoms with Crippen molar-refractivity contribution < 1.29 is 9.53 Å². The van der Waals surface area contributed by atoms with Gasteiger partial charge < -0.3 is 15.4 Å². The number of hydrogen-bond donors (Lipinski definition) is 1. The van der Waals surface area contributed by atoms with Crippen molar-refractivity contribution in [2.24, 2.45) is 0 Å². The van der Waals surface area contributed by atoms with Crippen LogP contribution in [0.3, 0.4) is 0 Å². The highest BCUT2D eigenvalue weighted by atomic mass is 79.9. The zero-order chi connectivity index (χ0) is 14.9. The highest BCUT2D eigenvalue weighted by Gasteiger charge is 2.22. The first kappa shape index (κ1) is 15.3. The molecule has 0 aliphatic carbocycles. The summed E-state index contributed by atoms with van der Waals surface area (Å²) in [5.74, 6) is -0.0654. The maximum absolute atomic E-state index is 12.5. The van der Waals surface area contributed by atoms with Crippen molar-refractivity contribution in [3.8, 4) is 0 Å². The van der Waals surface area contributed by atoms with Gasteiger partial charge in [-0.3, -0.25) is 4.79 Å². The van der Waals surface area contributed by atoms with E-state index in [0.29, 0.717) is 17.2 Å². The molecule has 0 saturated heterocycles. The molecular formula is C14H17BrN2O2S. The van der Waals surface area contributed by atoms with Crippen molar-refractivity contribution in [3.05, 3.63) is 27.5 Å². The summed E-state index contributed by atoms with van der Waals surface area (Å²) in [6.07, 6.45) is 0. The van der Waals surface area contributed by atoms with Gasteiger partial charge in [0.15, 0.2) is 0 Å². The highest BCUT2D eigenvalue weighted by Crippen LogP contribution is 2.36. The predicted molar refractivity (Wildman–Crippen MR) is 87.4 cm³/mol. The molecule has 20 heavy (non-hydrogen) atoms. The fourth-order valence-corrected chi connectivity index (χ4v) is 3.41. The van der Waals surface area contributed by atoms with Gasteiger partial charge in [-0.25, -0.2) is 0 Å². The van der Waals surface area contributed by atoms with Gasteiger partial charge >= 0.3 is 0 Å². The van der Waals surface area contributed by atoms with Crippen molar-refractivity contribution in [1.29, 1.82) is 0 Å². The van der Waals surface area contributed by atoms with E-state index in [4.69, 9.17) is 10.5 Å². The molecule has 1 heterocycles. The van der Waals surface area contributed by atoms with E-state index in [1.54, 1.807) is 19.1 Å². The van der Waals surface area contributed by atoms with Crippen LogP contribution in [-0.2, 0) is 4.74 Å². The zero-order valence-corrected chi connectivity index (χ0v) is 14.0. The molecule has 0 bridgehead atoms. The molecule has 1 aromatic carbocycles. The van der Waals surface area contributed by atoms with Crippen LogP contribution >= 0.6 is 27.3 Å². The minimum absolute atomic E-state index is 0.00356. The van der Waals surface area contributed by atoms with Crippen LogP contribution in [0.5, 0.6) is 0 Å². The molecule has 1 aromatic heterocycles. The number of hydrogen-bond acceptors (Lipinski definition) is 4. The minimum atomic E-state index is -0.0654. The Labute approximate surface area is 130 Å². The number of amides is 1. The number of carbonyl (C=O) groups excluding carboxylic acids is 1. The molecule has 0 aliphatic heterocycles. The van der Waals surface area contributed by atoms with Crippen LogP contribution in [0.2, 0.25) is 0 Å². The van der Waals surface area contributed by atoms with Crippen molar-refractivity contribution in [1.82, 2.24) is 4.90 Å². The lowest BCUT2D eigenvalue weighted by Crippen LogP contribution is -2.37.